The molecule has 0 bridgehead atoms. The lowest BCUT2D eigenvalue weighted by Gasteiger charge is -2.20. The minimum atomic E-state index is -0.300. The van der Waals surface area contributed by atoms with Crippen LogP contribution < -0.4 is 10.6 Å². The Labute approximate surface area is 208 Å². The van der Waals surface area contributed by atoms with Crippen molar-refractivity contribution in [2.24, 2.45) is 4.99 Å². The van der Waals surface area contributed by atoms with E-state index in [1.54, 1.807) is 0 Å². The van der Waals surface area contributed by atoms with Crippen LogP contribution in [0.5, 0.6) is 0 Å². The van der Waals surface area contributed by atoms with Crippen LogP contribution in [0.25, 0.3) is 0 Å². The summed E-state index contributed by atoms with van der Waals surface area (Å²) < 4.78 is 5.12. The summed E-state index contributed by atoms with van der Waals surface area (Å²) in [5.74, 6) is 0.484. The quantitative estimate of drug-likeness (QED) is 0.157. The molecule has 1 aliphatic rings. The van der Waals surface area contributed by atoms with E-state index in [2.05, 4.69) is 39.4 Å². The first kappa shape index (κ1) is 28.1. The van der Waals surface area contributed by atoms with Gasteiger partial charge in [0.1, 0.15) is 9.88 Å². The number of aromatic nitrogens is 1. The molecule has 0 amide bonds. The number of aryl methyl sites for hydroxylation is 1. The predicted octanol–water partition coefficient (Wildman–Crippen LogP) is 2.89. The Balaban J connectivity index is 0.00000480. The molecule has 1 saturated heterocycles. The van der Waals surface area contributed by atoms with Crippen molar-refractivity contribution < 1.29 is 9.53 Å². The SMILES string of the molecule is CCNC(=NCCCN1CCCN(C)CC1)NC(C)c1nc(C)c(C(=O)OCC)s1.I. The first-order valence-corrected chi connectivity index (χ1v) is 11.9. The van der Waals surface area contributed by atoms with Crippen LogP contribution in [0.15, 0.2) is 4.99 Å². The van der Waals surface area contributed by atoms with E-state index >= 15 is 0 Å². The molecule has 1 fully saturated rings. The third-order valence-electron chi connectivity index (χ3n) is 5.06. The van der Waals surface area contributed by atoms with Crippen molar-refractivity contribution in [3.05, 3.63) is 15.6 Å². The second kappa shape index (κ2) is 15.0. The van der Waals surface area contributed by atoms with Gasteiger partial charge in [-0.2, -0.15) is 0 Å². The highest BCUT2D eigenvalue weighted by Crippen LogP contribution is 2.24. The number of carbonyl (C=O) groups is 1. The monoisotopic (exact) mass is 566 g/mol. The minimum absolute atomic E-state index is 0. The van der Waals surface area contributed by atoms with E-state index < -0.39 is 0 Å². The Bertz CT molecular complexity index is 699. The molecule has 0 saturated carbocycles. The molecule has 178 valence electrons. The highest BCUT2D eigenvalue weighted by molar-refractivity contribution is 14.0. The second-order valence-corrected chi connectivity index (χ2v) is 8.70. The lowest BCUT2D eigenvalue weighted by atomic mass is 10.3. The Kier molecular flexibility index (Phi) is 13.5. The summed E-state index contributed by atoms with van der Waals surface area (Å²) in [7, 11) is 2.20. The first-order chi connectivity index (χ1) is 14.4. The Hall–Kier alpha value is -0.980. The fourth-order valence-electron chi connectivity index (χ4n) is 3.38. The second-order valence-electron chi connectivity index (χ2n) is 7.67. The van der Waals surface area contributed by atoms with Gasteiger partial charge >= 0.3 is 5.97 Å². The number of rotatable bonds is 9. The van der Waals surface area contributed by atoms with Crippen molar-refractivity contribution in [1.82, 2.24) is 25.4 Å². The van der Waals surface area contributed by atoms with E-state index in [1.165, 1.54) is 30.8 Å². The molecule has 0 aliphatic carbocycles. The fraction of sp³-hybridized carbons (Fsp3) is 0.762. The number of nitrogens with zero attached hydrogens (tertiary/aromatic N) is 4. The molecule has 1 aromatic heterocycles. The smallest absolute Gasteiger partial charge is 0.350 e. The van der Waals surface area contributed by atoms with Crippen LogP contribution in [0, 0.1) is 6.92 Å². The van der Waals surface area contributed by atoms with Gasteiger partial charge in [-0.15, -0.1) is 35.3 Å². The Morgan fingerprint density at radius 1 is 1.29 bits per heavy atom. The van der Waals surface area contributed by atoms with Gasteiger partial charge in [0.05, 0.1) is 18.3 Å². The summed E-state index contributed by atoms with van der Waals surface area (Å²) in [6, 6.07) is -0.0455. The molecule has 1 unspecified atom stereocenters. The average Bonchev–Trinajstić information content (AvgIpc) is 2.98. The van der Waals surface area contributed by atoms with Gasteiger partial charge in [0.2, 0.25) is 0 Å². The summed E-state index contributed by atoms with van der Waals surface area (Å²) in [6.45, 7) is 15.4. The zero-order chi connectivity index (χ0) is 21.9. The van der Waals surface area contributed by atoms with Crippen molar-refractivity contribution >= 4 is 47.2 Å². The van der Waals surface area contributed by atoms with Gasteiger partial charge in [-0.25, -0.2) is 9.78 Å². The molecule has 31 heavy (non-hydrogen) atoms. The maximum Gasteiger partial charge on any atom is 0.350 e. The largest absolute Gasteiger partial charge is 0.462 e. The normalized spacial score (nSPS) is 16.9. The Morgan fingerprint density at radius 3 is 2.77 bits per heavy atom. The molecule has 2 N–H and O–H groups in total. The number of guanidine groups is 1. The number of likely N-dealkylation sites (N-methyl/N-ethyl adjacent to an activating group) is 1. The number of ether oxygens (including phenoxy) is 1. The number of aliphatic imine (C=N–C) groups is 1. The molecule has 1 atom stereocenters. The lowest BCUT2D eigenvalue weighted by molar-refractivity contribution is 0.0531. The molecule has 0 aromatic carbocycles. The van der Waals surface area contributed by atoms with Gasteiger partial charge in [-0.1, -0.05) is 0 Å². The van der Waals surface area contributed by atoms with Gasteiger partial charge in [-0.3, -0.25) is 4.99 Å². The molecule has 8 nitrogen and oxygen atoms in total. The van der Waals surface area contributed by atoms with Crippen LogP contribution in [-0.2, 0) is 4.74 Å². The van der Waals surface area contributed by atoms with Gasteiger partial charge < -0.3 is 25.2 Å². The fourth-order valence-corrected chi connectivity index (χ4v) is 4.35. The van der Waals surface area contributed by atoms with Crippen molar-refractivity contribution in [1.29, 1.82) is 0 Å². The number of nitrogens with one attached hydrogen (secondary N) is 2. The van der Waals surface area contributed by atoms with Crippen molar-refractivity contribution in [2.75, 3.05) is 59.5 Å². The van der Waals surface area contributed by atoms with E-state index in [9.17, 15) is 4.79 Å². The predicted molar refractivity (Wildman–Crippen MR) is 139 cm³/mol. The summed E-state index contributed by atoms with van der Waals surface area (Å²) >= 11 is 1.38. The maximum atomic E-state index is 12.1. The van der Waals surface area contributed by atoms with Crippen LogP contribution in [0.2, 0.25) is 0 Å². The van der Waals surface area contributed by atoms with Gasteiger partial charge in [0.15, 0.2) is 5.96 Å². The van der Waals surface area contributed by atoms with E-state index in [1.807, 2.05) is 20.8 Å². The Morgan fingerprint density at radius 2 is 2.06 bits per heavy atom. The molecule has 10 heteroatoms. The topological polar surface area (TPSA) is 82.1 Å². The van der Waals surface area contributed by atoms with Crippen LogP contribution in [0.1, 0.15) is 60.0 Å². The van der Waals surface area contributed by atoms with Gasteiger partial charge in [0.25, 0.3) is 0 Å². The summed E-state index contributed by atoms with van der Waals surface area (Å²) in [5.41, 5.74) is 0.715. The highest BCUT2D eigenvalue weighted by Gasteiger charge is 2.20. The number of hydrogen-bond donors (Lipinski definition) is 2. The molecule has 2 heterocycles. The number of thiazole rings is 1. The van der Waals surface area contributed by atoms with Gasteiger partial charge in [-0.05, 0) is 67.2 Å². The van der Waals surface area contributed by atoms with Crippen molar-refractivity contribution in [3.8, 4) is 0 Å². The third-order valence-corrected chi connectivity index (χ3v) is 6.38. The minimum Gasteiger partial charge on any atom is -0.462 e. The van der Waals surface area contributed by atoms with E-state index in [4.69, 9.17) is 9.73 Å². The lowest BCUT2D eigenvalue weighted by Crippen LogP contribution is -2.39. The number of carbonyl (C=O) groups excluding carboxylic acids is 1. The van der Waals surface area contributed by atoms with Crippen LogP contribution >= 0.6 is 35.3 Å². The molecule has 0 radical (unpaired) electrons. The summed E-state index contributed by atoms with van der Waals surface area (Å²) in [4.78, 5) is 26.9. The third kappa shape index (κ3) is 9.58. The number of esters is 1. The molecular weight excluding hydrogens is 527 g/mol. The van der Waals surface area contributed by atoms with Crippen LogP contribution in [0.4, 0.5) is 0 Å². The maximum absolute atomic E-state index is 12.1. The summed E-state index contributed by atoms with van der Waals surface area (Å²) in [5, 5.41) is 7.58. The highest BCUT2D eigenvalue weighted by atomic mass is 127. The van der Waals surface area contributed by atoms with E-state index in [0.717, 1.165) is 50.1 Å². The van der Waals surface area contributed by atoms with E-state index in [0.29, 0.717) is 17.2 Å². The number of halogens is 1. The van der Waals surface area contributed by atoms with Crippen molar-refractivity contribution in [2.45, 2.75) is 46.6 Å². The summed E-state index contributed by atoms with van der Waals surface area (Å²) in [6.07, 6.45) is 2.28. The molecule has 0 spiro atoms. The van der Waals surface area contributed by atoms with Gasteiger partial charge in [0, 0.05) is 26.2 Å². The molecule has 2 rings (SSSR count). The van der Waals surface area contributed by atoms with E-state index in [-0.39, 0.29) is 36.0 Å². The molecular formula is C21H39IN6O2S. The zero-order valence-electron chi connectivity index (χ0n) is 19.6. The molecule has 1 aromatic rings. The number of hydrogen-bond acceptors (Lipinski definition) is 7. The van der Waals surface area contributed by atoms with Crippen molar-refractivity contribution in [3.63, 3.8) is 0 Å². The standard InChI is InChI=1S/C21H38N6O2S.HI/c1-6-22-21(23-10-8-12-27-13-9-11-26(5)14-15-27)25-17(4)19-24-16(3)18(30-19)20(28)29-7-2;/h17H,6-15H2,1-5H3,(H2,22,23,25);1H. The zero-order valence-corrected chi connectivity index (χ0v) is 22.7. The van der Waals surface area contributed by atoms with Crippen LogP contribution in [0.3, 0.4) is 0 Å². The molecule has 1 aliphatic heterocycles. The van der Waals surface area contributed by atoms with Crippen LogP contribution in [-0.4, -0.2) is 86.2 Å². The first-order valence-electron chi connectivity index (χ1n) is 11.0. The average molecular weight is 567 g/mol.